The molecule has 0 fully saturated rings. The van der Waals surface area contributed by atoms with Crippen molar-refractivity contribution >= 4 is 5.97 Å². The van der Waals surface area contributed by atoms with Gasteiger partial charge in [0.15, 0.2) is 0 Å². The van der Waals surface area contributed by atoms with E-state index in [1.54, 1.807) is 0 Å². The van der Waals surface area contributed by atoms with Gasteiger partial charge in [-0.1, -0.05) is 0 Å². The molecule has 14 heavy (non-hydrogen) atoms. The van der Waals surface area contributed by atoms with Crippen LogP contribution in [0.4, 0.5) is 0 Å². The van der Waals surface area contributed by atoms with Gasteiger partial charge in [-0.05, 0) is 19.3 Å². The summed E-state index contributed by atoms with van der Waals surface area (Å²) in [6, 6.07) is 0. The number of hydrogen-bond donors (Lipinski definition) is 3. The SMILES string of the molecule is O=C(O)CC1(O)CCCc2[nH]ncc21. The van der Waals surface area contributed by atoms with E-state index in [0.717, 1.165) is 18.5 Å². The van der Waals surface area contributed by atoms with Gasteiger partial charge in [0.1, 0.15) is 5.60 Å². The summed E-state index contributed by atoms with van der Waals surface area (Å²) in [6.07, 6.45) is 3.39. The highest BCUT2D eigenvalue weighted by molar-refractivity contribution is 5.68. The van der Waals surface area contributed by atoms with E-state index >= 15 is 0 Å². The van der Waals surface area contributed by atoms with Crippen molar-refractivity contribution in [3.63, 3.8) is 0 Å². The number of nitrogens with one attached hydrogen (secondary N) is 1. The Morgan fingerprint density at radius 1 is 1.71 bits per heavy atom. The van der Waals surface area contributed by atoms with Crippen LogP contribution in [-0.4, -0.2) is 26.4 Å². The molecule has 3 N–H and O–H groups in total. The number of nitrogens with zero attached hydrogens (tertiary/aromatic N) is 1. The molecule has 5 heteroatoms. The van der Waals surface area contributed by atoms with Gasteiger partial charge in [-0.3, -0.25) is 9.89 Å². The number of hydrogen-bond acceptors (Lipinski definition) is 3. The van der Waals surface area contributed by atoms with Crippen molar-refractivity contribution in [3.05, 3.63) is 17.5 Å². The van der Waals surface area contributed by atoms with E-state index in [2.05, 4.69) is 10.2 Å². The molecule has 1 aromatic heterocycles. The summed E-state index contributed by atoms with van der Waals surface area (Å²) in [5, 5.41) is 25.5. The van der Waals surface area contributed by atoms with Crippen LogP contribution in [0.2, 0.25) is 0 Å². The number of rotatable bonds is 2. The lowest BCUT2D eigenvalue weighted by molar-refractivity contribution is -0.143. The molecule has 1 aliphatic carbocycles. The van der Waals surface area contributed by atoms with Crippen LogP contribution in [0.3, 0.4) is 0 Å². The van der Waals surface area contributed by atoms with E-state index in [4.69, 9.17) is 5.11 Å². The molecule has 1 aromatic rings. The van der Waals surface area contributed by atoms with Crippen LogP contribution in [0.25, 0.3) is 0 Å². The maximum Gasteiger partial charge on any atom is 0.306 e. The van der Waals surface area contributed by atoms with Crippen molar-refractivity contribution in [3.8, 4) is 0 Å². The minimum atomic E-state index is -1.23. The Balaban J connectivity index is 2.34. The lowest BCUT2D eigenvalue weighted by Crippen LogP contribution is -2.32. The van der Waals surface area contributed by atoms with Gasteiger partial charge in [0.2, 0.25) is 0 Å². The third-order valence-corrected chi connectivity index (χ3v) is 2.68. The van der Waals surface area contributed by atoms with Crippen LogP contribution >= 0.6 is 0 Å². The topological polar surface area (TPSA) is 86.2 Å². The predicted octanol–water partition coefficient (Wildman–Crippen LogP) is 0.408. The Bertz CT molecular complexity index is 361. The molecule has 0 bridgehead atoms. The van der Waals surface area contributed by atoms with E-state index < -0.39 is 11.6 Å². The van der Waals surface area contributed by atoms with Gasteiger partial charge in [-0.2, -0.15) is 5.10 Å². The van der Waals surface area contributed by atoms with Gasteiger partial charge in [0.05, 0.1) is 12.6 Å². The fraction of sp³-hybridized carbons (Fsp3) is 0.556. The van der Waals surface area contributed by atoms with Gasteiger partial charge in [-0.25, -0.2) is 0 Å². The number of aryl methyl sites for hydroxylation is 1. The summed E-state index contributed by atoms with van der Waals surface area (Å²) >= 11 is 0. The van der Waals surface area contributed by atoms with Crippen LogP contribution in [0, 0.1) is 0 Å². The quantitative estimate of drug-likeness (QED) is 0.639. The first-order chi connectivity index (χ1) is 6.62. The molecule has 0 aromatic carbocycles. The van der Waals surface area contributed by atoms with Crippen LogP contribution in [-0.2, 0) is 16.8 Å². The average Bonchev–Trinajstić information content (AvgIpc) is 2.51. The molecule has 1 atom stereocenters. The number of H-pyrrole nitrogens is 1. The van der Waals surface area contributed by atoms with E-state index in [1.807, 2.05) is 0 Å². The zero-order chi connectivity index (χ0) is 10.2. The van der Waals surface area contributed by atoms with E-state index in [9.17, 15) is 9.90 Å². The smallest absolute Gasteiger partial charge is 0.306 e. The second kappa shape index (κ2) is 3.09. The maximum atomic E-state index is 10.6. The third-order valence-electron chi connectivity index (χ3n) is 2.68. The minimum Gasteiger partial charge on any atom is -0.481 e. The van der Waals surface area contributed by atoms with E-state index in [1.165, 1.54) is 6.20 Å². The second-order valence-electron chi connectivity index (χ2n) is 3.72. The summed E-state index contributed by atoms with van der Waals surface area (Å²) in [5.74, 6) is -0.985. The highest BCUT2D eigenvalue weighted by atomic mass is 16.4. The number of carbonyl (C=O) groups is 1. The number of aromatic nitrogens is 2. The third kappa shape index (κ3) is 1.39. The highest BCUT2D eigenvalue weighted by Gasteiger charge is 2.37. The first-order valence-corrected chi connectivity index (χ1v) is 4.59. The monoisotopic (exact) mass is 196 g/mol. The first-order valence-electron chi connectivity index (χ1n) is 4.59. The molecule has 0 radical (unpaired) electrons. The summed E-state index contributed by atoms with van der Waals surface area (Å²) in [6.45, 7) is 0. The van der Waals surface area contributed by atoms with Crippen LogP contribution in [0.1, 0.15) is 30.5 Å². The zero-order valence-electron chi connectivity index (χ0n) is 7.66. The number of aliphatic carboxylic acids is 1. The fourth-order valence-corrected chi connectivity index (χ4v) is 2.03. The van der Waals surface area contributed by atoms with Crippen LogP contribution in [0.5, 0.6) is 0 Å². The standard InChI is InChI=1S/C9H12N2O3/c12-8(13)4-9(14)3-1-2-7-6(9)5-10-11-7/h5,14H,1-4H2,(H,10,11)(H,12,13). The molecule has 0 saturated heterocycles. The Morgan fingerprint density at radius 2 is 2.50 bits per heavy atom. The summed E-state index contributed by atoms with van der Waals surface area (Å²) < 4.78 is 0. The molecular formula is C9H12N2O3. The summed E-state index contributed by atoms with van der Waals surface area (Å²) in [7, 11) is 0. The van der Waals surface area contributed by atoms with Gasteiger partial charge < -0.3 is 10.2 Å². The molecule has 76 valence electrons. The number of aliphatic hydroxyl groups is 1. The molecule has 1 unspecified atom stereocenters. The van der Waals surface area contributed by atoms with Crippen LogP contribution in [0.15, 0.2) is 6.20 Å². The van der Waals surface area contributed by atoms with Crippen molar-refractivity contribution in [1.82, 2.24) is 10.2 Å². The van der Waals surface area contributed by atoms with Gasteiger partial charge in [-0.15, -0.1) is 0 Å². The van der Waals surface area contributed by atoms with Crippen LogP contribution < -0.4 is 0 Å². The van der Waals surface area contributed by atoms with Gasteiger partial charge in [0, 0.05) is 11.3 Å². The Kier molecular flexibility index (Phi) is 2.03. The summed E-state index contributed by atoms with van der Waals surface area (Å²) in [4.78, 5) is 10.6. The molecule has 0 aliphatic heterocycles. The molecule has 2 rings (SSSR count). The van der Waals surface area contributed by atoms with Crippen molar-refractivity contribution < 1.29 is 15.0 Å². The Hall–Kier alpha value is -1.36. The molecule has 0 saturated carbocycles. The molecule has 0 spiro atoms. The number of aromatic amines is 1. The van der Waals surface area contributed by atoms with Gasteiger partial charge in [0.25, 0.3) is 0 Å². The predicted molar refractivity (Wildman–Crippen MR) is 47.7 cm³/mol. The molecular weight excluding hydrogens is 184 g/mol. The molecule has 1 aliphatic rings. The van der Waals surface area contributed by atoms with Crippen molar-refractivity contribution in [2.24, 2.45) is 0 Å². The highest BCUT2D eigenvalue weighted by Crippen LogP contribution is 2.36. The number of fused-ring (bicyclic) bond motifs is 1. The Labute approximate surface area is 80.8 Å². The van der Waals surface area contributed by atoms with E-state index in [0.29, 0.717) is 12.0 Å². The minimum absolute atomic E-state index is 0.250. The van der Waals surface area contributed by atoms with E-state index in [-0.39, 0.29) is 6.42 Å². The fourth-order valence-electron chi connectivity index (χ4n) is 2.03. The van der Waals surface area contributed by atoms with Gasteiger partial charge >= 0.3 is 5.97 Å². The van der Waals surface area contributed by atoms with Crippen molar-refractivity contribution in [1.29, 1.82) is 0 Å². The molecule has 5 nitrogen and oxygen atoms in total. The van der Waals surface area contributed by atoms with Crippen molar-refractivity contribution in [2.75, 3.05) is 0 Å². The number of carboxylic acids is 1. The zero-order valence-corrected chi connectivity index (χ0v) is 7.66. The lowest BCUT2D eigenvalue weighted by Gasteiger charge is -2.30. The average molecular weight is 196 g/mol. The van der Waals surface area contributed by atoms with Crippen molar-refractivity contribution in [2.45, 2.75) is 31.3 Å². The normalized spacial score (nSPS) is 25.8. The summed E-state index contributed by atoms with van der Waals surface area (Å²) in [5.41, 5.74) is 0.276. The molecule has 1 heterocycles. The molecule has 0 amide bonds. The number of carboxylic acid groups (broad SMARTS) is 1. The largest absolute Gasteiger partial charge is 0.481 e. The second-order valence-corrected chi connectivity index (χ2v) is 3.72. The first kappa shape index (κ1) is 9.21. The Morgan fingerprint density at radius 3 is 3.21 bits per heavy atom. The lowest BCUT2D eigenvalue weighted by atomic mass is 9.81. The maximum absolute atomic E-state index is 10.6.